The Balaban J connectivity index is 1.75. The first-order valence-electron chi connectivity index (χ1n) is 8.18. The van der Waals surface area contributed by atoms with Gasteiger partial charge in [0, 0.05) is 29.1 Å². The standard InChI is InChI=1S/C18H23FN2OS/c1-11(20-16(9-10-22)13-3-4-13)17-12(2)21-18(23-17)14-5-7-15(19)8-6-14/h5-8,11,13,16,20,22H,3-4,9-10H2,1-2H3. The van der Waals surface area contributed by atoms with E-state index in [1.165, 1.54) is 29.9 Å². The Morgan fingerprint density at radius 2 is 2.04 bits per heavy atom. The average molecular weight is 334 g/mol. The van der Waals surface area contributed by atoms with Gasteiger partial charge in [0.15, 0.2) is 0 Å². The van der Waals surface area contributed by atoms with Crippen molar-refractivity contribution >= 4 is 11.3 Å². The molecule has 2 aromatic rings. The van der Waals surface area contributed by atoms with Gasteiger partial charge in [-0.2, -0.15) is 0 Å². The number of aliphatic hydroxyl groups excluding tert-OH is 1. The van der Waals surface area contributed by atoms with Gasteiger partial charge in [-0.1, -0.05) is 0 Å². The fourth-order valence-electron chi connectivity index (χ4n) is 3.02. The molecule has 1 heterocycles. The second-order valence-corrected chi connectivity index (χ2v) is 7.35. The van der Waals surface area contributed by atoms with Gasteiger partial charge in [-0.05, 0) is 63.3 Å². The molecule has 1 aromatic carbocycles. The molecule has 1 aliphatic carbocycles. The molecule has 1 aliphatic rings. The Kier molecular flexibility index (Phi) is 5.09. The summed E-state index contributed by atoms with van der Waals surface area (Å²) >= 11 is 1.66. The molecule has 1 fully saturated rings. The number of halogens is 1. The molecule has 23 heavy (non-hydrogen) atoms. The van der Waals surface area contributed by atoms with Gasteiger partial charge in [0.05, 0.1) is 5.69 Å². The minimum absolute atomic E-state index is 0.207. The van der Waals surface area contributed by atoms with Gasteiger partial charge in [-0.3, -0.25) is 0 Å². The highest BCUT2D eigenvalue weighted by Crippen LogP contribution is 2.37. The van der Waals surface area contributed by atoms with E-state index in [0.717, 1.165) is 22.7 Å². The number of aliphatic hydroxyl groups is 1. The number of hydrogen-bond acceptors (Lipinski definition) is 4. The van der Waals surface area contributed by atoms with E-state index < -0.39 is 0 Å². The molecule has 1 saturated carbocycles. The van der Waals surface area contributed by atoms with E-state index in [0.29, 0.717) is 12.0 Å². The molecule has 2 N–H and O–H groups in total. The van der Waals surface area contributed by atoms with E-state index in [2.05, 4.69) is 17.2 Å². The van der Waals surface area contributed by atoms with Crippen molar-refractivity contribution in [2.24, 2.45) is 5.92 Å². The molecule has 2 unspecified atom stereocenters. The van der Waals surface area contributed by atoms with Crippen molar-refractivity contribution in [3.8, 4) is 10.6 Å². The van der Waals surface area contributed by atoms with E-state index in [4.69, 9.17) is 0 Å². The Morgan fingerprint density at radius 1 is 1.35 bits per heavy atom. The zero-order valence-electron chi connectivity index (χ0n) is 13.6. The Labute approximate surface area is 140 Å². The molecule has 0 bridgehead atoms. The fourth-order valence-corrected chi connectivity index (χ4v) is 4.10. The first-order valence-corrected chi connectivity index (χ1v) is 9.00. The molecule has 0 radical (unpaired) electrons. The second-order valence-electron chi connectivity index (χ2n) is 6.32. The van der Waals surface area contributed by atoms with Crippen LogP contribution < -0.4 is 5.32 Å². The van der Waals surface area contributed by atoms with Crippen LogP contribution in [0.3, 0.4) is 0 Å². The van der Waals surface area contributed by atoms with Gasteiger partial charge >= 0.3 is 0 Å². The SMILES string of the molecule is Cc1nc(-c2ccc(F)cc2)sc1C(C)NC(CCO)C1CC1. The van der Waals surface area contributed by atoms with Crippen LogP contribution in [0.5, 0.6) is 0 Å². The largest absolute Gasteiger partial charge is 0.396 e. The van der Waals surface area contributed by atoms with Crippen molar-refractivity contribution in [3.63, 3.8) is 0 Å². The predicted molar refractivity (Wildman–Crippen MR) is 92.0 cm³/mol. The lowest BCUT2D eigenvalue weighted by Crippen LogP contribution is -2.34. The summed E-state index contributed by atoms with van der Waals surface area (Å²) in [4.78, 5) is 5.87. The predicted octanol–water partition coefficient (Wildman–Crippen LogP) is 4.07. The Bertz CT molecular complexity index is 652. The zero-order chi connectivity index (χ0) is 16.4. The molecule has 1 aromatic heterocycles. The molecular weight excluding hydrogens is 311 g/mol. The summed E-state index contributed by atoms with van der Waals surface area (Å²) in [6, 6.07) is 7.07. The number of nitrogens with one attached hydrogen (secondary N) is 1. The number of nitrogens with zero attached hydrogens (tertiary/aromatic N) is 1. The molecule has 3 nitrogen and oxygen atoms in total. The first-order chi connectivity index (χ1) is 11.1. The third-order valence-corrected chi connectivity index (χ3v) is 5.80. The number of benzene rings is 1. The lowest BCUT2D eigenvalue weighted by Gasteiger charge is -2.22. The van der Waals surface area contributed by atoms with Crippen molar-refractivity contribution in [2.75, 3.05) is 6.61 Å². The number of rotatable bonds is 7. The maximum atomic E-state index is 13.1. The molecule has 0 saturated heterocycles. The molecule has 3 rings (SSSR count). The topological polar surface area (TPSA) is 45.2 Å². The molecule has 0 spiro atoms. The van der Waals surface area contributed by atoms with Crippen LogP contribution in [0.4, 0.5) is 4.39 Å². The summed E-state index contributed by atoms with van der Waals surface area (Å²) in [5.74, 6) is 0.475. The van der Waals surface area contributed by atoms with Crippen molar-refractivity contribution in [2.45, 2.75) is 45.2 Å². The van der Waals surface area contributed by atoms with E-state index in [-0.39, 0.29) is 18.5 Å². The van der Waals surface area contributed by atoms with Gasteiger partial charge in [-0.15, -0.1) is 11.3 Å². The highest BCUT2D eigenvalue weighted by molar-refractivity contribution is 7.15. The number of hydrogen-bond donors (Lipinski definition) is 2. The van der Waals surface area contributed by atoms with Crippen LogP contribution in [0, 0.1) is 18.7 Å². The second kappa shape index (κ2) is 7.07. The van der Waals surface area contributed by atoms with Crippen LogP contribution in [0.1, 0.15) is 42.8 Å². The van der Waals surface area contributed by atoms with Crippen LogP contribution in [0.25, 0.3) is 10.6 Å². The van der Waals surface area contributed by atoms with Gasteiger partial charge < -0.3 is 10.4 Å². The normalized spacial score (nSPS) is 17.2. The minimum atomic E-state index is -0.228. The van der Waals surface area contributed by atoms with Crippen LogP contribution in [0.2, 0.25) is 0 Å². The summed E-state index contributed by atoms with van der Waals surface area (Å²) in [6.07, 6.45) is 3.32. The van der Waals surface area contributed by atoms with Crippen LogP contribution in [-0.2, 0) is 0 Å². The molecule has 0 amide bonds. The Hall–Kier alpha value is -1.30. The minimum Gasteiger partial charge on any atom is -0.396 e. The molecule has 2 atom stereocenters. The summed E-state index contributed by atoms with van der Waals surface area (Å²) in [7, 11) is 0. The lowest BCUT2D eigenvalue weighted by atomic mass is 10.1. The van der Waals surface area contributed by atoms with Crippen molar-refractivity contribution < 1.29 is 9.50 Å². The van der Waals surface area contributed by atoms with Crippen molar-refractivity contribution in [3.05, 3.63) is 40.7 Å². The van der Waals surface area contributed by atoms with Crippen molar-refractivity contribution in [1.29, 1.82) is 0 Å². The smallest absolute Gasteiger partial charge is 0.123 e. The quantitative estimate of drug-likeness (QED) is 0.802. The lowest BCUT2D eigenvalue weighted by molar-refractivity contribution is 0.250. The molecule has 0 aliphatic heterocycles. The van der Waals surface area contributed by atoms with Gasteiger partial charge in [0.25, 0.3) is 0 Å². The maximum Gasteiger partial charge on any atom is 0.123 e. The van der Waals surface area contributed by atoms with E-state index in [1.807, 2.05) is 6.92 Å². The fraction of sp³-hybridized carbons (Fsp3) is 0.500. The van der Waals surface area contributed by atoms with Crippen LogP contribution >= 0.6 is 11.3 Å². The van der Waals surface area contributed by atoms with E-state index in [9.17, 15) is 9.50 Å². The van der Waals surface area contributed by atoms with Gasteiger partial charge in [0.2, 0.25) is 0 Å². The van der Waals surface area contributed by atoms with Gasteiger partial charge in [0.1, 0.15) is 10.8 Å². The molecule has 124 valence electrons. The third-order valence-electron chi connectivity index (χ3n) is 4.41. The average Bonchev–Trinajstić information content (AvgIpc) is 3.30. The van der Waals surface area contributed by atoms with Crippen LogP contribution in [-0.4, -0.2) is 22.7 Å². The summed E-state index contributed by atoms with van der Waals surface area (Å²) in [5.41, 5.74) is 1.97. The third kappa shape index (κ3) is 3.97. The summed E-state index contributed by atoms with van der Waals surface area (Å²) < 4.78 is 13.1. The number of thiazole rings is 1. The van der Waals surface area contributed by atoms with E-state index in [1.54, 1.807) is 23.5 Å². The van der Waals surface area contributed by atoms with E-state index >= 15 is 0 Å². The number of aromatic nitrogens is 1. The summed E-state index contributed by atoms with van der Waals surface area (Å²) in [5, 5.41) is 13.8. The van der Waals surface area contributed by atoms with Crippen molar-refractivity contribution in [1.82, 2.24) is 10.3 Å². The molecular formula is C18H23FN2OS. The highest BCUT2D eigenvalue weighted by atomic mass is 32.1. The number of aryl methyl sites for hydroxylation is 1. The Morgan fingerprint density at radius 3 is 2.65 bits per heavy atom. The first kappa shape index (κ1) is 16.6. The maximum absolute atomic E-state index is 13.1. The molecule has 5 heteroatoms. The highest BCUT2D eigenvalue weighted by Gasteiger charge is 2.32. The van der Waals surface area contributed by atoms with Gasteiger partial charge in [-0.25, -0.2) is 9.37 Å². The monoisotopic (exact) mass is 334 g/mol. The zero-order valence-corrected chi connectivity index (χ0v) is 14.4. The summed E-state index contributed by atoms with van der Waals surface area (Å²) in [6.45, 7) is 4.40. The van der Waals surface area contributed by atoms with Crippen LogP contribution in [0.15, 0.2) is 24.3 Å².